The number of halogens is 3. The summed E-state index contributed by atoms with van der Waals surface area (Å²) >= 11 is 0.543. The summed E-state index contributed by atoms with van der Waals surface area (Å²) < 4.78 is 52.5. The number of ether oxygens (including phenoxy) is 1. The van der Waals surface area contributed by atoms with Crippen LogP contribution in [0, 0.1) is 0 Å². The molecule has 1 fully saturated rings. The van der Waals surface area contributed by atoms with E-state index in [0.29, 0.717) is 39.6 Å². The van der Waals surface area contributed by atoms with Gasteiger partial charge in [0.05, 0.1) is 12.1 Å². The van der Waals surface area contributed by atoms with E-state index in [4.69, 9.17) is 9.15 Å². The molecule has 4 aromatic rings. The number of aromatic nitrogens is 4. The smallest absolute Gasteiger partial charge is 0.443 e. The zero-order valence-corrected chi connectivity index (χ0v) is 21.3. The van der Waals surface area contributed by atoms with Crippen molar-refractivity contribution >= 4 is 33.3 Å². The summed E-state index contributed by atoms with van der Waals surface area (Å²) in [4.78, 5) is 40.8. The van der Waals surface area contributed by atoms with Gasteiger partial charge in [-0.15, -0.1) is 0 Å². The number of rotatable bonds is 6. The van der Waals surface area contributed by atoms with E-state index in [0.717, 1.165) is 0 Å². The number of oxazole rings is 1. The molecule has 5 rings (SSSR count). The molecule has 0 spiro atoms. The average molecular weight is 549 g/mol. The molecule has 1 saturated heterocycles. The van der Waals surface area contributed by atoms with Gasteiger partial charge < -0.3 is 19.0 Å². The summed E-state index contributed by atoms with van der Waals surface area (Å²) in [7, 11) is 0. The first kappa shape index (κ1) is 25.7. The van der Waals surface area contributed by atoms with Gasteiger partial charge in [-0.1, -0.05) is 23.5 Å². The standard InChI is InChI=1S/C24H23F3N6O4S/c1-3-36-22-28-10-15(11-29-22)19-20(38-21(30-19)24(25,26)27)31-8-9-32(14(2)12-31)18(34)13-33-16-6-4-5-7-17(16)37-23(33)35/h4-7,10-11,14H,3,8-9,12-13H2,1-2H3/t14-/m1/s1. The van der Waals surface area contributed by atoms with Crippen LogP contribution < -0.4 is 15.4 Å². The summed E-state index contributed by atoms with van der Waals surface area (Å²) in [5, 5.41) is -0.658. The zero-order valence-electron chi connectivity index (χ0n) is 20.4. The lowest BCUT2D eigenvalue weighted by Gasteiger charge is -2.40. The third-order valence-electron chi connectivity index (χ3n) is 6.13. The van der Waals surface area contributed by atoms with E-state index in [1.165, 1.54) is 17.0 Å². The van der Waals surface area contributed by atoms with Gasteiger partial charge in [0.15, 0.2) is 5.58 Å². The molecule has 3 aromatic heterocycles. The molecule has 0 unspecified atom stereocenters. The van der Waals surface area contributed by atoms with Crippen molar-refractivity contribution in [3.8, 4) is 17.3 Å². The molecular weight excluding hydrogens is 525 g/mol. The van der Waals surface area contributed by atoms with E-state index in [9.17, 15) is 22.8 Å². The van der Waals surface area contributed by atoms with Crippen molar-refractivity contribution in [1.82, 2.24) is 24.4 Å². The van der Waals surface area contributed by atoms with Gasteiger partial charge in [0, 0.05) is 43.6 Å². The predicted octanol–water partition coefficient (Wildman–Crippen LogP) is 3.66. The lowest BCUT2D eigenvalue weighted by atomic mass is 10.1. The number of carbonyl (C=O) groups excluding carboxylic acids is 1. The molecule has 0 aliphatic carbocycles. The zero-order chi connectivity index (χ0) is 27.0. The van der Waals surface area contributed by atoms with Gasteiger partial charge in [0.1, 0.15) is 17.2 Å². The fourth-order valence-corrected chi connectivity index (χ4v) is 5.37. The van der Waals surface area contributed by atoms with Crippen LogP contribution in [0.1, 0.15) is 18.9 Å². The van der Waals surface area contributed by atoms with Crippen LogP contribution >= 0.6 is 11.3 Å². The second-order valence-corrected chi connectivity index (χ2v) is 9.64. The van der Waals surface area contributed by atoms with E-state index in [-0.39, 0.29) is 49.8 Å². The Labute approximate surface area is 218 Å². The number of anilines is 1. The molecule has 200 valence electrons. The Bertz CT molecular complexity index is 1510. The number of amides is 1. The van der Waals surface area contributed by atoms with Crippen LogP contribution in [-0.2, 0) is 17.5 Å². The molecule has 1 atom stereocenters. The van der Waals surface area contributed by atoms with Gasteiger partial charge in [-0.25, -0.2) is 19.7 Å². The van der Waals surface area contributed by atoms with Crippen LogP contribution in [-0.4, -0.2) is 62.6 Å². The molecule has 1 aliphatic heterocycles. The Morgan fingerprint density at radius 2 is 1.95 bits per heavy atom. The largest absolute Gasteiger partial charge is 0.464 e. The van der Waals surface area contributed by atoms with Gasteiger partial charge in [-0.05, 0) is 26.0 Å². The van der Waals surface area contributed by atoms with Crippen LogP contribution in [0.4, 0.5) is 18.2 Å². The van der Waals surface area contributed by atoms with Gasteiger partial charge in [-0.3, -0.25) is 9.36 Å². The maximum absolute atomic E-state index is 13.6. The van der Waals surface area contributed by atoms with Crippen LogP contribution in [0.15, 0.2) is 45.9 Å². The molecular formula is C24H23F3N6O4S. The third kappa shape index (κ3) is 4.95. The first-order chi connectivity index (χ1) is 18.2. The minimum absolute atomic E-state index is 0.119. The molecule has 1 aromatic carbocycles. The molecule has 0 saturated carbocycles. The lowest BCUT2D eigenvalue weighted by Crippen LogP contribution is -2.55. The fourth-order valence-electron chi connectivity index (χ4n) is 4.38. The van der Waals surface area contributed by atoms with Crippen molar-refractivity contribution in [2.24, 2.45) is 0 Å². The number of alkyl halides is 3. The molecule has 38 heavy (non-hydrogen) atoms. The van der Waals surface area contributed by atoms with Crippen molar-refractivity contribution in [1.29, 1.82) is 0 Å². The highest BCUT2D eigenvalue weighted by Crippen LogP contribution is 2.43. The van der Waals surface area contributed by atoms with E-state index < -0.39 is 16.9 Å². The van der Waals surface area contributed by atoms with Gasteiger partial charge in [0.2, 0.25) is 10.9 Å². The Morgan fingerprint density at radius 1 is 1.21 bits per heavy atom. The van der Waals surface area contributed by atoms with Crippen LogP contribution in [0.3, 0.4) is 0 Å². The highest BCUT2D eigenvalue weighted by atomic mass is 32.1. The number of benzene rings is 1. The first-order valence-electron chi connectivity index (χ1n) is 11.8. The summed E-state index contributed by atoms with van der Waals surface area (Å²) in [5.74, 6) is -0.913. The SMILES string of the molecule is CCOc1ncc(-c2nc(C(F)(F)F)sc2N2CCN(C(=O)Cn3c(=O)oc4ccccc43)[C@H](C)C2)cn1. The van der Waals surface area contributed by atoms with Crippen molar-refractivity contribution in [3.05, 3.63) is 52.2 Å². The minimum Gasteiger partial charge on any atom is -0.464 e. The number of fused-ring (bicyclic) bond motifs is 1. The Kier molecular flexibility index (Phi) is 6.82. The molecule has 0 bridgehead atoms. The number of para-hydroxylation sites is 2. The molecule has 14 heteroatoms. The number of carbonyl (C=O) groups is 1. The number of thiazole rings is 1. The first-order valence-corrected chi connectivity index (χ1v) is 12.6. The third-order valence-corrected chi connectivity index (χ3v) is 7.29. The summed E-state index contributed by atoms with van der Waals surface area (Å²) in [6.45, 7) is 4.54. The average Bonchev–Trinajstić information content (AvgIpc) is 3.47. The van der Waals surface area contributed by atoms with Crippen molar-refractivity contribution in [2.75, 3.05) is 31.1 Å². The molecule has 1 amide bonds. The predicted molar refractivity (Wildman–Crippen MR) is 133 cm³/mol. The number of hydrogen-bond acceptors (Lipinski definition) is 9. The number of piperazine rings is 1. The molecule has 4 heterocycles. The number of nitrogens with zero attached hydrogens (tertiary/aromatic N) is 6. The monoisotopic (exact) mass is 548 g/mol. The van der Waals surface area contributed by atoms with Crippen molar-refractivity contribution in [3.63, 3.8) is 0 Å². The summed E-state index contributed by atoms with van der Waals surface area (Å²) in [6.07, 6.45) is -1.85. The Morgan fingerprint density at radius 3 is 2.63 bits per heavy atom. The topological polar surface area (TPSA) is 107 Å². The van der Waals surface area contributed by atoms with E-state index >= 15 is 0 Å². The van der Waals surface area contributed by atoms with Gasteiger partial charge >= 0.3 is 17.9 Å². The summed E-state index contributed by atoms with van der Waals surface area (Å²) in [5.41, 5.74) is 1.35. The molecule has 0 radical (unpaired) electrons. The van der Waals surface area contributed by atoms with Crippen LogP contribution in [0.5, 0.6) is 6.01 Å². The Hall–Kier alpha value is -3.94. The normalized spacial score (nSPS) is 16.3. The number of hydrogen-bond donors (Lipinski definition) is 0. The van der Waals surface area contributed by atoms with E-state index in [2.05, 4.69) is 15.0 Å². The second kappa shape index (κ2) is 10.1. The second-order valence-electron chi connectivity index (χ2n) is 8.66. The fraction of sp³-hybridized carbons (Fsp3) is 0.375. The van der Waals surface area contributed by atoms with Crippen LogP contribution in [0.2, 0.25) is 0 Å². The van der Waals surface area contributed by atoms with E-state index in [1.54, 1.807) is 41.0 Å². The molecule has 10 nitrogen and oxygen atoms in total. The quantitative estimate of drug-likeness (QED) is 0.360. The maximum atomic E-state index is 13.6. The van der Waals surface area contributed by atoms with Gasteiger partial charge in [0.25, 0.3) is 0 Å². The van der Waals surface area contributed by atoms with Crippen molar-refractivity contribution < 1.29 is 27.1 Å². The van der Waals surface area contributed by atoms with Crippen LogP contribution in [0.25, 0.3) is 22.4 Å². The lowest BCUT2D eigenvalue weighted by molar-refractivity contribution is -0.137. The molecule has 1 aliphatic rings. The maximum Gasteiger partial charge on any atom is 0.443 e. The Balaban J connectivity index is 1.37. The summed E-state index contributed by atoms with van der Waals surface area (Å²) in [6, 6.07) is 6.60. The highest BCUT2D eigenvalue weighted by Gasteiger charge is 2.38. The minimum atomic E-state index is -4.62. The molecule has 0 N–H and O–H groups in total. The van der Waals surface area contributed by atoms with Crippen molar-refractivity contribution in [2.45, 2.75) is 32.6 Å². The highest BCUT2D eigenvalue weighted by molar-refractivity contribution is 7.16. The van der Waals surface area contributed by atoms with Gasteiger partial charge in [-0.2, -0.15) is 13.2 Å². The van der Waals surface area contributed by atoms with E-state index in [1.807, 2.05) is 6.92 Å².